The minimum atomic E-state index is -0.883. The number of aromatic nitrogens is 5. The Morgan fingerprint density at radius 3 is 2.76 bits per heavy atom. The molecule has 2 aromatic heterocycles. The maximum atomic E-state index is 14.3. The highest BCUT2D eigenvalue weighted by atomic mass is 19.1. The van der Waals surface area contributed by atoms with Gasteiger partial charge in [0.15, 0.2) is 11.6 Å². The number of hydrogen-bond donors (Lipinski definition) is 1. The van der Waals surface area contributed by atoms with Crippen molar-refractivity contribution in [2.24, 2.45) is 0 Å². The molecule has 10 heteroatoms. The van der Waals surface area contributed by atoms with E-state index >= 15 is 0 Å². The number of carboxylic acid groups (broad SMARTS) is 1. The molecule has 9 nitrogen and oxygen atoms in total. The highest BCUT2D eigenvalue weighted by molar-refractivity contribution is 5.65. The smallest absolute Gasteiger partial charge is 0.407 e. The fraction of sp³-hybridized carbons (Fsp3) is 0.316. The molecule has 0 unspecified atom stereocenters. The van der Waals surface area contributed by atoms with Crippen LogP contribution in [-0.4, -0.2) is 54.4 Å². The van der Waals surface area contributed by atoms with E-state index in [0.29, 0.717) is 24.5 Å². The van der Waals surface area contributed by atoms with Crippen LogP contribution in [0.1, 0.15) is 30.1 Å². The molecule has 3 heterocycles. The fourth-order valence-electron chi connectivity index (χ4n) is 3.35. The molecular weight excluding hydrogens is 379 g/mol. The first-order valence-corrected chi connectivity index (χ1v) is 9.19. The third-order valence-corrected chi connectivity index (χ3v) is 4.92. The predicted molar refractivity (Wildman–Crippen MR) is 99.3 cm³/mol. The lowest BCUT2D eigenvalue weighted by atomic mass is 9.93. The molecular formula is C19H19FN6O3. The van der Waals surface area contributed by atoms with Crippen LogP contribution in [-0.2, 0) is 6.61 Å². The molecule has 1 amide bonds. The zero-order chi connectivity index (χ0) is 20.2. The van der Waals surface area contributed by atoms with Crippen LogP contribution in [0, 0.1) is 5.82 Å². The van der Waals surface area contributed by atoms with Crippen LogP contribution in [0.25, 0.3) is 5.69 Å². The largest absolute Gasteiger partial charge is 0.484 e. The SMILES string of the molecule is O=C(O)N1CCC(c2cccc(COc3ccc(-n4cnnn4)cc3F)n2)CC1. The molecule has 1 aromatic carbocycles. The van der Waals surface area contributed by atoms with Gasteiger partial charge in [0.2, 0.25) is 0 Å². The van der Waals surface area contributed by atoms with E-state index in [1.54, 1.807) is 6.07 Å². The number of tetrazole rings is 1. The molecule has 1 aliphatic heterocycles. The molecule has 0 bridgehead atoms. The predicted octanol–water partition coefficient (Wildman–Crippen LogP) is 2.63. The molecule has 0 aliphatic carbocycles. The van der Waals surface area contributed by atoms with Crippen molar-refractivity contribution in [3.63, 3.8) is 0 Å². The molecule has 0 spiro atoms. The van der Waals surface area contributed by atoms with Gasteiger partial charge in [-0.2, -0.15) is 0 Å². The van der Waals surface area contributed by atoms with Crippen molar-refractivity contribution in [3.05, 3.63) is 59.9 Å². The van der Waals surface area contributed by atoms with Crippen molar-refractivity contribution in [2.75, 3.05) is 13.1 Å². The van der Waals surface area contributed by atoms with Crippen LogP contribution in [0.15, 0.2) is 42.7 Å². The lowest BCUT2D eigenvalue weighted by Crippen LogP contribution is -2.37. The van der Waals surface area contributed by atoms with Crippen molar-refractivity contribution in [1.29, 1.82) is 0 Å². The molecule has 1 aliphatic rings. The Labute approximate surface area is 165 Å². The summed E-state index contributed by atoms with van der Waals surface area (Å²) >= 11 is 0. The summed E-state index contributed by atoms with van der Waals surface area (Å²) in [5, 5.41) is 19.8. The number of halogens is 1. The number of nitrogens with zero attached hydrogens (tertiary/aromatic N) is 6. The van der Waals surface area contributed by atoms with Crippen LogP contribution >= 0.6 is 0 Å². The Morgan fingerprint density at radius 1 is 1.24 bits per heavy atom. The first-order valence-electron chi connectivity index (χ1n) is 9.19. The lowest BCUT2D eigenvalue weighted by molar-refractivity contribution is 0.131. The summed E-state index contributed by atoms with van der Waals surface area (Å²) in [5.74, 6) is -0.197. The minimum absolute atomic E-state index is 0.115. The molecule has 150 valence electrons. The van der Waals surface area contributed by atoms with Crippen LogP contribution in [0.2, 0.25) is 0 Å². The Balaban J connectivity index is 1.39. The standard InChI is InChI=1S/C19H19FN6O3/c20-16-10-15(26-12-21-23-24-26)4-5-18(16)29-11-14-2-1-3-17(22-14)13-6-8-25(9-7-13)19(27)28/h1-5,10,12-13H,6-9,11H2,(H,27,28). The number of rotatable bonds is 5. The molecule has 0 atom stereocenters. The molecule has 3 aromatic rings. The number of pyridine rings is 1. The van der Waals surface area contributed by atoms with Crippen LogP contribution in [0.4, 0.5) is 9.18 Å². The van der Waals surface area contributed by atoms with Gasteiger partial charge in [0.25, 0.3) is 0 Å². The number of hydrogen-bond acceptors (Lipinski definition) is 6. The van der Waals surface area contributed by atoms with Gasteiger partial charge in [-0.15, -0.1) is 5.10 Å². The van der Waals surface area contributed by atoms with Gasteiger partial charge in [-0.3, -0.25) is 4.98 Å². The highest BCUT2D eigenvalue weighted by Gasteiger charge is 2.24. The van der Waals surface area contributed by atoms with E-state index < -0.39 is 11.9 Å². The van der Waals surface area contributed by atoms with E-state index in [1.165, 1.54) is 28.0 Å². The van der Waals surface area contributed by atoms with Crippen molar-refractivity contribution >= 4 is 6.09 Å². The highest BCUT2D eigenvalue weighted by Crippen LogP contribution is 2.27. The summed E-state index contributed by atoms with van der Waals surface area (Å²) < 4.78 is 21.3. The van der Waals surface area contributed by atoms with Crippen LogP contribution < -0.4 is 4.74 Å². The minimum Gasteiger partial charge on any atom is -0.484 e. The van der Waals surface area contributed by atoms with E-state index in [2.05, 4.69) is 20.5 Å². The maximum absolute atomic E-state index is 14.3. The van der Waals surface area contributed by atoms with Gasteiger partial charge in [0.05, 0.1) is 11.4 Å². The van der Waals surface area contributed by atoms with Crippen LogP contribution in [0.5, 0.6) is 5.75 Å². The first-order chi connectivity index (χ1) is 14.1. The molecule has 0 radical (unpaired) electrons. The molecule has 4 rings (SSSR count). The van der Waals surface area contributed by atoms with Gasteiger partial charge in [-0.25, -0.2) is 13.9 Å². The van der Waals surface area contributed by atoms with E-state index in [0.717, 1.165) is 18.5 Å². The van der Waals surface area contributed by atoms with Gasteiger partial charge in [0.1, 0.15) is 12.9 Å². The topological polar surface area (TPSA) is 106 Å². The summed E-state index contributed by atoms with van der Waals surface area (Å²) in [6.45, 7) is 1.13. The monoisotopic (exact) mass is 398 g/mol. The second kappa shape index (κ2) is 8.21. The fourth-order valence-corrected chi connectivity index (χ4v) is 3.35. The zero-order valence-electron chi connectivity index (χ0n) is 15.5. The Hall–Kier alpha value is -3.56. The van der Waals surface area contributed by atoms with E-state index in [4.69, 9.17) is 9.84 Å². The van der Waals surface area contributed by atoms with Crippen molar-refractivity contribution < 1.29 is 19.0 Å². The molecule has 1 saturated heterocycles. The Morgan fingerprint density at radius 2 is 2.07 bits per heavy atom. The summed E-state index contributed by atoms with van der Waals surface area (Å²) in [6.07, 6.45) is 1.96. The van der Waals surface area contributed by atoms with Crippen molar-refractivity contribution in [1.82, 2.24) is 30.1 Å². The number of likely N-dealkylation sites (tertiary alicyclic amines) is 1. The summed E-state index contributed by atoms with van der Waals surface area (Å²) in [4.78, 5) is 17.1. The molecule has 0 saturated carbocycles. The Bertz CT molecular complexity index is 989. The average molecular weight is 398 g/mol. The zero-order valence-corrected chi connectivity index (χ0v) is 15.5. The summed E-state index contributed by atoms with van der Waals surface area (Å²) in [7, 11) is 0. The number of benzene rings is 1. The quantitative estimate of drug-likeness (QED) is 0.704. The number of ether oxygens (including phenoxy) is 1. The second-order valence-electron chi connectivity index (χ2n) is 6.76. The number of piperidine rings is 1. The van der Waals surface area contributed by atoms with Gasteiger partial charge in [-0.1, -0.05) is 6.07 Å². The third-order valence-electron chi connectivity index (χ3n) is 4.92. The van der Waals surface area contributed by atoms with Gasteiger partial charge in [0, 0.05) is 30.8 Å². The van der Waals surface area contributed by atoms with Gasteiger partial charge in [-0.05, 0) is 47.5 Å². The summed E-state index contributed by atoms with van der Waals surface area (Å²) in [5.41, 5.74) is 2.09. The molecule has 1 N–H and O–H groups in total. The average Bonchev–Trinajstić information content (AvgIpc) is 3.28. The first kappa shape index (κ1) is 18.8. The Kier molecular flexibility index (Phi) is 5.32. The van der Waals surface area contributed by atoms with Crippen molar-refractivity contribution in [3.8, 4) is 11.4 Å². The van der Waals surface area contributed by atoms with Crippen LogP contribution in [0.3, 0.4) is 0 Å². The summed E-state index contributed by atoms with van der Waals surface area (Å²) in [6, 6.07) is 10.1. The number of carbonyl (C=O) groups is 1. The van der Waals surface area contributed by atoms with Crippen molar-refractivity contribution in [2.45, 2.75) is 25.4 Å². The van der Waals surface area contributed by atoms with E-state index in [1.807, 2.05) is 18.2 Å². The normalized spacial score (nSPS) is 14.7. The van der Waals surface area contributed by atoms with Gasteiger partial charge >= 0.3 is 6.09 Å². The molecule has 1 fully saturated rings. The van der Waals surface area contributed by atoms with Gasteiger partial charge < -0.3 is 14.7 Å². The van der Waals surface area contributed by atoms with E-state index in [9.17, 15) is 9.18 Å². The third kappa shape index (κ3) is 4.31. The van der Waals surface area contributed by atoms with E-state index in [-0.39, 0.29) is 18.3 Å². The lowest BCUT2D eigenvalue weighted by Gasteiger charge is -2.29. The maximum Gasteiger partial charge on any atom is 0.407 e. The number of amides is 1. The molecule has 29 heavy (non-hydrogen) atoms. The second-order valence-corrected chi connectivity index (χ2v) is 6.76.